The molecule has 0 aliphatic carbocycles. The van der Waals surface area contributed by atoms with E-state index in [1.807, 2.05) is 0 Å². The van der Waals surface area contributed by atoms with Crippen LogP contribution in [0.15, 0.2) is 0 Å². The van der Waals surface area contributed by atoms with Crippen LogP contribution in [0, 0.1) is 0 Å². The summed E-state index contributed by atoms with van der Waals surface area (Å²) in [5, 5.41) is 0. The average molecular weight is 212 g/mol. The fourth-order valence-electron chi connectivity index (χ4n) is 2.90. The van der Waals surface area contributed by atoms with Gasteiger partial charge < -0.3 is 0 Å². The van der Waals surface area contributed by atoms with Crippen LogP contribution in [-0.2, 0) is 0 Å². The smallest absolute Gasteiger partial charge is 0.0201 e. The molecule has 1 aliphatic heterocycles. The fourth-order valence-corrected chi connectivity index (χ4v) is 2.90. The van der Waals surface area contributed by atoms with Gasteiger partial charge in [-0.3, -0.25) is 9.80 Å². The zero-order valence-electron chi connectivity index (χ0n) is 11.5. The summed E-state index contributed by atoms with van der Waals surface area (Å²) in [5.74, 6) is 0. The van der Waals surface area contributed by atoms with Crippen LogP contribution in [-0.4, -0.2) is 46.6 Å². The molecule has 2 heteroatoms. The third kappa shape index (κ3) is 2.94. The topological polar surface area (TPSA) is 6.48 Å². The summed E-state index contributed by atoms with van der Waals surface area (Å²) in [5.41, 5.74) is 0.311. The lowest BCUT2D eigenvalue weighted by atomic mass is 9.98. The summed E-state index contributed by atoms with van der Waals surface area (Å²) >= 11 is 0. The van der Waals surface area contributed by atoms with E-state index in [9.17, 15) is 0 Å². The van der Waals surface area contributed by atoms with Gasteiger partial charge >= 0.3 is 0 Å². The van der Waals surface area contributed by atoms with Gasteiger partial charge in [-0.05, 0) is 48.5 Å². The first kappa shape index (κ1) is 13.0. The molecular formula is C13H28N2. The molecule has 1 saturated heterocycles. The highest BCUT2D eigenvalue weighted by Crippen LogP contribution is 2.24. The molecule has 1 aliphatic rings. The van der Waals surface area contributed by atoms with E-state index in [4.69, 9.17) is 0 Å². The highest BCUT2D eigenvalue weighted by molar-refractivity contribution is 4.91. The van der Waals surface area contributed by atoms with Gasteiger partial charge in [0, 0.05) is 36.8 Å². The Morgan fingerprint density at radius 1 is 1.00 bits per heavy atom. The van der Waals surface area contributed by atoms with E-state index in [0.29, 0.717) is 23.7 Å². The van der Waals surface area contributed by atoms with Crippen molar-refractivity contribution in [3.63, 3.8) is 0 Å². The minimum absolute atomic E-state index is 0.311. The molecule has 15 heavy (non-hydrogen) atoms. The second kappa shape index (κ2) is 4.42. The number of hydrogen-bond donors (Lipinski definition) is 0. The number of rotatable bonds is 1. The maximum absolute atomic E-state index is 2.64. The summed E-state index contributed by atoms with van der Waals surface area (Å²) < 4.78 is 0. The van der Waals surface area contributed by atoms with Crippen LogP contribution in [0.25, 0.3) is 0 Å². The van der Waals surface area contributed by atoms with Crippen LogP contribution in [0.4, 0.5) is 0 Å². The molecule has 1 fully saturated rings. The van der Waals surface area contributed by atoms with Gasteiger partial charge in [-0.25, -0.2) is 0 Å². The lowest BCUT2D eigenvalue weighted by molar-refractivity contribution is -0.0210. The van der Waals surface area contributed by atoms with Crippen molar-refractivity contribution in [3.8, 4) is 0 Å². The zero-order chi connectivity index (χ0) is 11.8. The predicted octanol–water partition coefficient (Wildman–Crippen LogP) is 2.59. The molecule has 0 N–H and O–H groups in total. The Bertz CT molecular complexity index is 193. The summed E-state index contributed by atoms with van der Waals surface area (Å²) in [6, 6.07) is 2.01. The first-order chi connectivity index (χ1) is 6.73. The predicted molar refractivity (Wildman–Crippen MR) is 67.2 cm³/mol. The van der Waals surface area contributed by atoms with Gasteiger partial charge in [0.25, 0.3) is 0 Å². The van der Waals surface area contributed by atoms with Gasteiger partial charge in [0.15, 0.2) is 0 Å². The molecule has 2 nitrogen and oxygen atoms in total. The van der Waals surface area contributed by atoms with Crippen molar-refractivity contribution in [2.75, 3.05) is 13.1 Å². The lowest BCUT2D eigenvalue weighted by Crippen LogP contribution is -2.62. The first-order valence-corrected chi connectivity index (χ1v) is 6.26. The molecule has 0 saturated carbocycles. The SMILES string of the molecule is CC(C)N1[C@@H](C)CN(C(C)(C)C)C[C@@H]1C. The third-order valence-electron chi connectivity index (χ3n) is 3.53. The molecular weight excluding hydrogens is 184 g/mol. The van der Waals surface area contributed by atoms with E-state index in [1.165, 1.54) is 13.1 Å². The van der Waals surface area contributed by atoms with E-state index < -0.39 is 0 Å². The normalized spacial score (nSPS) is 31.2. The van der Waals surface area contributed by atoms with Crippen molar-refractivity contribution in [1.29, 1.82) is 0 Å². The Morgan fingerprint density at radius 2 is 1.40 bits per heavy atom. The molecule has 0 amide bonds. The second-order valence-electron chi connectivity index (χ2n) is 6.31. The van der Waals surface area contributed by atoms with Gasteiger partial charge in [-0.2, -0.15) is 0 Å². The summed E-state index contributed by atoms with van der Waals surface area (Å²) in [4.78, 5) is 5.25. The maximum Gasteiger partial charge on any atom is 0.0201 e. The van der Waals surface area contributed by atoms with Crippen molar-refractivity contribution < 1.29 is 0 Å². The molecule has 1 heterocycles. The summed E-state index contributed by atoms with van der Waals surface area (Å²) in [6.07, 6.45) is 0. The van der Waals surface area contributed by atoms with Crippen LogP contribution in [0.3, 0.4) is 0 Å². The molecule has 2 atom stereocenters. The van der Waals surface area contributed by atoms with Crippen molar-refractivity contribution in [2.45, 2.75) is 72.1 Å². The number of nitrogens with zero attached hydrogens (tertiary/aromatic N) is 2. The Morgan fingerprint density at radius 3 is 1.67 bits per heavy atom. The van der Waals surface area contributed by atoms with Crippen LogP contribution in [0.1, 0.15) is 48.5 Å². The lowest BCUT2D eigenvalue weighted by Gasteiger charge is -2.50. The Hall–Kier alpha value is -0.0800. The molecule has 0 bridgehead atoms. The quantitative estimate of drug-likeness (QED) is 0.659. The molecule has 90 valence electrons. The van der Waals surface area contributed by atoms with E-state index >= 15 is 0 Å². The Labute approximate surface area is 95.6 Å². The molecule has 0 radical (unpaired) electrons. The average Bonchev–Trinajstić information content (AvgIpc) is 1.99. The fraction of sp³-hybridized carbons (Fsp3) is 1.00. The van der Waals surface area contributed by atoms with E-state index in [1.54, 1.807) is 0 Å². The molecule has 1 rings (SSSR count). The van der Waals surface area contributed by atoms with Crippen LogP contribution >= 0.6 is 0 Å². The van der Waals surface area contributed by atoms with E-state index in [2.05, 4.69) is 58.3 Å². The largest absolute Gasteiger partial charge is 0.295 e. The second-order valence-corrected chi connectivity index (χ2v) is 6.31. The van der Waals surface area contributed by atoms with Gasteiger partial charge in [-0.1, -0.05) is 0 Å². The van der Waals surface area contributed by atoms with Gasteiger partial charge in [-0.15, -0.1) is 0 Å². The third-order valence-corrected chi connectivity index (χ3v) is 3.53. The van der Waals surface area contributed by atoms with Crippen LogP contribution in [0.2, 0.25) is 0 Å². The highest BCUT2D eigenvalue weighted by Gasteiger charge is 2.35. The first-order valence-electron chi connectivity index (χ1n) is 6.26. The zero-order valence-corrected chi connectivity index (χ0v) is 11.5. The number of hydrogen-bond acceptors (Lipinski definition) is 2. The minimum Gasteiger partial charge on any atom is -0.295 e. The minimum atomic E-state index is 0.311. The monoisotopic (exact) mass is 212 g/mol. The molecule has 0 aromatic heterocycles. The van der Waals surface area contributed by atoms with Gasteiger partial charge in [0.2, 0.25) is 0 Å². The van der Waals surface area contributed by atoms with Gasteiger partial charge in [0.1, 0.15) is 0 Å². The molecule has 0 aromatic carbocycles. The van der Waals surface area contributed by atoms with Crippen molar-refractivity contribution in [1.82, 2.24) is 9.80 Å². The summed E-state index contributed by atoms with van der Waals surface area (Å²) in [6.45, 7) is 18.7. The van der Waals surface area contributed by atoms with Crippen molar-refractivity contribution in [2.24, 2.45) is 0 Å². The summed E-state index contributed by atoms with van der Waals surface area (Å²) in [7, 11) is 0. The molecule has 0 spiro atoms. The Balaban J connectivity index is 2.71. The Kier molecular flexibility index (Phi) is 3.83. The maximum atomic E-state index is 2.64. The van der Waals surface area contributed by atoms with Crippen molar-refractivity contribution >= 4 is 0 Å². The number of piperazine rings is 1. The molecule has 0 unspecified atom stereocenters. The standard InChI is InChI=1S/C13H28N2/c1-10(2)15-11(3)8-14(9-12(15)4)13(5,6)7/h10-12H,8-9H2,1-7H3/t11-,12-/m0/s1. The molecule has 0 aromatic rings. The van der Waals surface area contributed by atoms with E-state index in [0.717, 1.165) is 0 Å². The van der Waals surface area contributed by atoms with Crippen LogP contribution in [0.5, 0.6) is 0 Å². The van der Waals surface area contributed by atoms with Crippen molar-refractivity contribution in [3.05, 3.63) is 0 Å². The highest BCUT2D eigenvalue weighted by atomic mass is 15.3. The van der Waals surface area contributed by atoms with Crippen LogP contribution < -0.4 is 0 Å². The van der Waals surface area contributed by atoms with Gasteiger partial charge in [0.05, 0.1) is 0 Å². The van der Waals surface area contributed by atoms with E-state index in [-0.39, 0.29) is 0 Å².